The predicted octanol–water partition coefficient (Wildman–Crippen LogP) is 4.00. The van der Waals surface area contributed by atoms with E-state index in [9.17, 15) is 17.2 Å². The van der Waals surface area contributed by atoms with E-state index < -0.39 is 16.2 Å². The first kappa shape index (κ1) is 23.3. The van der Waals surface area contributed by atoms with Crippen LogP contribution >= 0.6 is 0 Å². The van der Waals surface area contributed by atoms with Crippen LogP contribution in [0.25, 0.3) is 11.8 Å². The maximum atomic E-state index is 13.7. The Kier molecular flexibility index (Phi) is 5.49. The van der Waals surface area contributed by atoms with Crippen molar-refractivity contribution in [3.8, 4) is 5.69 Å². The van der Waals surface area contributed by atoms with Crippen molar-refractivity contribution in [1.29, 1.82) is 0 Å². The number of nitrogens with zero attached hydrogens (tertiary/aromatic N) is 5. The summed E-state index contributed by atoms with van der Waals surface area (Å²) in [5.74, 6) is -0.297. The minimum absolute atomic E-state index is 0.140. The van der Waals surface area contributed by atoms with Crippen molar-refractivity contribution in [2.24, 2.45) is 5.41 Å². The van der Waals surface area contributed by atoms with Gasteiger partial charge in [0, 0.05) is 24.7 Å². The lowest BCUT2D eigenvalue weighted by Gasteiger charge is -2.45. The largest absolute Gasteiger partial charge is 0.364 e. The molecule has 2 aliphatic heterocycles. The van der Waals surface area contributed by atoms with E-state index in [4.69, 9.17) is 0 Å². The smallest absolute Gasteiger partial charge is 0.244 e. The molecule has 3 aliphatic rings. The van der Waals surface area contributed by atoms with Gasteiger partial charge in [0.2, 0.25) is 10.0 Å². The first-order valence-corrected chi connectivity index (χ1v) is 13.6. The summed E-state index contributed by atoms with van der Waals surface area (Å²) < 4.78 is 57.4. The first-order chi connectivity index (χ1) is 17.3. The Morgan fingerprint density at radius 1 is 1.11 bits per heavy atom. The molecule has 0 bridgehead atoms. The van der Waals surface area contributed by atoms with Gasteiger partial charge in [-0.25, -0.2) is 21.9 Å². The summed E-state index contributed by atoms with van der Waals surface area (Å²) in [5, 5.41) is 4.56. The van der Waals surface area contributed by atoms with Crippen molar-refractivity contribution in [3.63, 3.8) is 0 Å². The lowest BCUT2D eigenvalue weighted by Crippen LogP contribution is -2.49. The SMILES string of the molecule is CC[C@]12Cc3cnn(-c4ccc(F)cc4)c3C=C1CCN(S(=O)(=O)c1cncc(N3CC(F)C3)c1)C2. The first-order valence-electron chi connectivity index (χ1n) is 12.2. The van der Waals surface area contributed by atoms with E-state index >= 15 is 0 Å². The highest BCUT2D eigenvalue weighted by Gasteiger charge is 2.45. The molecule has 0 N–H and O–H groups in total. The highest BCUT2D eigenvalue weighted by atomic mass is 32.2. The number of aromatic nitrogens is 3. The number of hydrogen-bond donors (Lipinski definition) is 0. The molecule has 2 aromatic heterocycles. The fraction of sp³-hybridized carbons (Fsp3) is 0.385. The lowest BCUT2D eigenvalue weighted by atomic mass is 9.67. The Bertz CT molecular complexity index is 1450. The van der Waals surface area contributed by atoms with Crippen molar-refractivity contribution in [2.45, 2.75) is 37.3 Å². The fourth-order valence-corrected chi connectivity index (χ4v) is 7.11. The minimum Gasteiger partial charge on any atom is -0.364 e. The Labute approximate surface area is 209 Å². The van der Waals surface area contributed by atoms with Gasteiger partial charge in [-0.05, 0) is 61.2 Å². The predicted molar refractivity (Wildman–Crippen MR) is 133 cm³/mol. The average molecular weight is 512 g/mol. The molecule has 1 aromatic carbocycles. The molecule has 0 unspecified atom stereocenters. The van der Waals surface area contributed by atoms with E-state index in [1.54, 1.807) is 33.6 Å². The third kappa shape index (κ3) is 3.74. The van der Waals surface area contributed by atoms with E-state index in [0.29, 0.717) is 31.6 Å². The normalized spacial score (nSPS) is 22.5. The molecule has 4 heterocycles. The Hall–Kier alpha value is -3.11. The molecule has 188 valence electrons. The van der Waals surface area contributed by atoms with Crippen LogP contribution < -0.4 is 4.90 Å². The van der Waals surface area contributed by atoms with Crippen LogP contribution in [0.5, 0.6) is 0 Å². The van der Waals surface area contributed by atoms with Crippen LogP contribution in [0.2, 0.25) is 0 Å². The highest BCUT2D eigenvalue weighted by Crippen LogP contribution is 2.47. The van der Waals surface area contributed by atoms with Gasteiger partial charge < -0.3 is 4.90 Å². The second-order valence-corrected chi connectivity index (χ2v) is 11.8. The van der Waals surface area contributed by atoms with Crippen molar-refractivity contribution in [2.75, 3.05) is 31.1 Å². The van der Waals surface area contributed by atoms with E-state index in [2.05, 4.69) is 23.1 Å². The number of fused-ring (bicyclic) bond motifs is 2. The topological polar surface area (TPSA) is 71.3 Å². The summed E-state index contributed by atoms with van der Waals surface area (Å²) in [4.78, 5) is 6.08. The highest BCUT2D eigenvalue weighted by molar-refractivity contribution is 7.89. The van der Waals surface area contributed by atoms with Crippen LogP contribution in [0.4, 0.5) is 14.5 Å². The van der Waals surface area contributed by atoms with Gasteiger partial charge in [0.25, 0.3) is 0 Å². The molecule has 0 radical (unpaired) electrons. The van der Waals surface area contributed by atoms with Crippen molar-refractivity contribution in [1.82, 2.24) is 19.1 Å². The molecule has 1 atom stereocenters. The number of hydrogen-bond acceptors (Lipinski definition) is 5. The molecule has 3 aromatic rings. The summed E-state index contributed by atoms with van der Waals surface area (Å²) in [7, 11) is -3.77. The molecule has 10 heteroatoms. The third-order valence-electron chi connectivity index (χ3n) is 7.80. The molecule has 0 amide bonds. The zero-order valence-corrected chi connectivity index (χ0v) is 20.8. The van der Waals surface area contributed by atoms with E-state index in [1.165, 1.54) is 23.9 Å². The van der Waals surface area contributed by atoms with Crippen LogP contribution in [-0.2, 0) is 16.4 Å². The van der Waals surface area contributed by atoms with E-state index in [1.807, 2.05) is 10.9 Å². The van der Waals surface area contributed by atoms with Gasteiger partial charge in [-0.1, -0.05) is 12.5 Å². The van der Waals surface area contributed by atoms with Crippen LogP contribution in [-0.4, -0.2) is 59.8 Å². The molecule has 0 spiro atoms. The van der Waals surface area contributed by atoms with E-state index in [-0.39, 0.29) is 29.2 Å². The van der Waals surface area contributed by atoms with Crippen molar-refractivity contribution in [3.05, 3.63) is 71.6 Å². The summed E-state index contributed by atoms with van der Waals surface area (Å²) in [6, 6.07) is 7.84. The Morgan fingerprint density at radius 3 is 2.61 bits per heavy atom. The number of sulfonamides is 1. The molecule has 2 fully saturated rings. The third-order valence-corrected chi connectivity index (χ3v) is 9.61. The van der Waals surface area contributed by atoms with Gasteiger partial charge in [0.1, 0.15) is 16.9 Å². The van der Waals surface area contributed by atoms with Gasteiger partial charge in [0.15, 0.2) is 0 Å². The molecule has 36 heavy (non-hydrogen) atoms. The van der Waals surface area contributed by atoms with E-state index in [0.717, 1.165) is 23.4 Å². The lowest BCUT2D eigenvalue weighted by molar-refractivity contribution is 0.204. The van der Waals surface area contributed by atoms with Gasteiger partial charge >= 0.3 is 0 Å². The summed E-state index contributed by atoms with van der Waals surface area (Å²) in [6.45, 7) is 3.36. The summed E-state index contributed by atoms with van der Waals surface area (Å²) in [6.07, 6.45) is 8.13. The second-order valence-electron chi connectivity index (χ2n) is 9.89. The zero-order chi connectivity index (χ0) is 25.1. The molecule has 7 nitrogen and oxygen atoms in total. The number of pyridine rings is 1. The Morgan fingerprint density at radius 2 is 1.89 bits per heavy atom. The summed E-state index contributed by atoms with van der Waals surface area (Å²) in [5.41, 5.74) is 4.32. The van der Waals surface area contributed by atoms with Crippen molar-refractivity contribution >= 4 is 21.8 Å². The number of alkyl halides is 1. The molecule has 6 rings (SSSR count). The second kappa shape index (κ2) is 8.48. The number of halogens is 2. The van der Waals surface area contributed by atoms with Gasteiger partial charge in [-0.15, -0.1) is 0 Å². The maximum absolute atomic E-state index is 13.7. The standard InChI is InChI=1S/C26H27F2N5O2S/c1-2-26-11-18-12-30-33(22-5-3-20(27)4-6-22)25(18)9-19(26)7-8-32(17-26)36(34,35)24-10-23(13-29-14-24)31-15-21(28)16-31/h3-6,9-10,12-14,21H,2,7-8,11,15-17H2,1H3/t26-/m1/s1. The molecule has 2 saturated heterocycles. The van der Waals surface area contributed by atoms with Crippen LogP contribution in [0.15, 0.2) is 59.4 Å². The molecular formula is C26H27F2N5O2S. The van der Waals surface area contributed by atoms with Crippen LogP contribution in [0.1, 0.15) is 31.0 Å². The number of piperidine rings is 1. The van der Waals surface area contributed by atoms with Crippen molar-refractivity contribution < 1.29 is 17.2 Å². The molecular weight excluding hydrogens is 484 g/mol. The maximum Gasteiger partial charge on any atom is 0.244 e. The Balaban J connectivity index is 1.29. The number of anilines is 1. The molecule has 1 aliphatic carbocycles. The van der Waals surface area contributed by atoms with Crippen LogP contribution in [0.3, 0.4) is 0 Å². The minimum atomic E-state index is -3.77. The quantitative estimate of drug-likeness (QED) is 0.518. The van der Waals surface area contributed by atoms with Gasteiger partial charge in [-0.3, -0.25) is 4.98 Å². The van der Waals surface area contributed by atoms with Gasteiger partial charge in [0.05, 0.1) is 42.6 Å². The van der Waals surface area contributed by atoms with Gasteiger partial charge in [-0.2, -0.15) is 9.40 Å². The monoisotopic (exact) mass is 511 g/mol. The molecule has 0 saturated carbocycles. The number of rotatable bonds is 5. The summed E-state index contributed by atoms with van der Waals surface area (Å²) >= 11 is 0. The fourth-order valence-electron chi connectivity index (χ4n) is 5.60. The average Bonchev–Trinajstić information content (AvgIpc) is 3.27. The number of benzene rings is 1. The zero-order valence-electron chi connectivity index (χ0n) is 19.9. The van der Waals surface area contributed by atoms with Crippen LogP contribution in [0, 0.1) is 11.2 Å².